The first-order chi connectivity index (χ1) is 32.2. The Hall–Kier alpha value is -7.64. The van der Waals surface area contributed by atoms with Gasteiger partial charge in [0, 0.05) is 59.6 Å². The van der Waals surface area contributed by atoms with Gasteiger partial charge in [-0.2, -0.15) is 71.0 Å². The highest BCUT2D eigenvalue weighted by Gasteiger charge is 2.44. The van der Waals surface area contributed by atoms with E-state index in [1.165, 1.54) is 102 Å². The lowest BCUT2D eigenvalue weighted by atomic mass is 9.98. The van der Waals surface area contributed by atoms with Crippen LogP contribution in [0.25, 0.3) is 86.0 Å². The number of aromatic nitrogens is 8. The summed E-state index contributed by atoms with van der Waals surface area (Å²) in [6.07, 6.45) is -9.19. The summed E-state index contributed by atoms with van der Waals surface area (Å²) >= 11 is 0. The highest BCUT2D eigenvalue weighted by Crippen LogP contribution is 2.45. The molecule has 0 spiro atoms. The first-order valence-electron chi connectivity index (χ1n) is 20.6. The van der Waals surface area contributed by atoms with Crippen molar-refractivity contribution in [3.8, 4) is 39.6 Å². The van der Waals surface area contributed by atoms with Crippen molar-refractivity contribution in [3.63, 3.8) is 0 Å². The molecule has 68 heavy (non-hydrogen) atoms. The summed E-state index contributed by atoms with van der Waals surface area (Å²) in [4.78, 5) is 12.8. The van der Waals surface area contributed by atoms with Crippen LogP contribution in [0.3, 0.4) is 0 Å². The summed E-state index contributed by atoms with van der Waals surface area (Å²) in [5.41, 5.74) is -0.437. The van der Waals surface area contributed by atoms with E-state index in [2.05, 4.69) is 4.98 Å². The number of H-pyrrole nitrogens is 1. The van der Waals surface area contributed by atoms with Crippen molar-refractivity contribution in [2.24, 2.45) is 0 Å². The van der Waals surface area contributed by atoms with Crippen LogP contribution in [0.1, 0.15) is 22.8 Å². The quantitative estimate of drug-likeness (QED) is 0.122. The molecule has 8 nitrogen and oxygen atoms in total. The first kappa shape index (κ1) is 45.5. The van der Waals surface area contributed by atoms with Crippen molar-refractivity contribution >= 4 is 46.4 Å². The van der Waals surface area contributed by atoms with Gasteiger partial charge in [-0.15, -0.1) is 0 Å². The van der Waals surface area contributed by atoms with E-state index >= 15 is 0 Å². The Balaban J connectivity index is 1.66. The zero-order chi connectivity index (χ0) is 48.2. The highest BCUT2D eigenvalue weighted by molar-refractivity contribution is 6.08. The normalized spacial score (nSPS) is 13.1. The minimum atomic E-state index is -4.92. The van der Waals surface area contributed by atoms with Gasteiger partial charge in [0.25, 0.3) is 5.82 Å². The summed E-state index contributed by atoms with van der Waals surface area (Å²) in [5.74, 6) is -0.332. The molecule has 0 aromatic carbocycles. The number of rotatable bonds is 8. The molecule has 0 unspecified atom stereocenters. The molecule has 2 aliphatic rings. The zero-order valence-corrected chi connectivity index (χ0v) is 34.9. The van der Waals surface area contributed by atoms with Gasteiger partial charge in [0.1, 0.15) is 22.2 Å². The van der Waals surface area contributed by atoms with Crippen LogP contribution >= 0.6 is 0 Å². The number of halogens is 12. The van der Waals surface area contributed by atoms with Gasteiger partial charge in [0.15, 0.2) is 30.7 Å². The van der Waals surface area contributed by atoms with Crippen molar-refractivity contribution < 1.29 is 71.0 Å². The minimum absolute atomic E-state index is 0.0940. The van der Waals surface area contributed by atoms with Crippen LogP contribution in [-0.4, -0.2) is 44.2 Å². The third-order valence-corrected chi connectivity index (χ3v) is 10.8. The van der Waals surface area contributed by atoms with E-state index in [1.54, 1.807) is 30.3 Å². The number of alkyl halides is 12. The van der Waals surface area contributed by atoms with Crippen molar-refractivity contribution in [3.05, 3.63) is 151 Å². The van der Waals surface area contributed by atoms with Crippen LogP contribution in [0.2, 0.25) is 0 Å². The Bertz CT molecular complexity index is 3320. The average Bonchev–Trinajstić information content (AvgIpc) is 4.05. The summed E-state index contributed by atoms with van der Waals surface area (Å²) in [5, 5.41) is 0. The first-order valence-corrected chi connectivity index (χ1v) is 20.6. The predicted molar refractivity (Wildman–Crippen MR) is 225 cm³/mol. The van der Waals surface area contributed by atoms with E-state index in [1.807, 2.05) is 0 Å². The van der Waals surface area contributed by atoms with Gasteiger partial charge in [-0.1, -0.05) is 6.07 Å². The standard InChI is InChI=1S/C48H33F12N8/c49-45(50,51)26-64-19-5-1-9-36(64)41-35-18-17-33(63-35)24-32-14-13-30(61-32)23-31-15-16-34(62-31)25-39-42(37-10-2-6-20-65(37)27-46(52,53)54)43(38-11-3-7-21-66(38)28-47(55,56)57)44(41)68(39)40-12-4-8-22-67(40)29-48(58,59)60/h1-25H,26-29H2/q+3/p+1. The smallest absolute Gasteiger partial charge is 0.355 e. The molecule has 0 fully saturated rings. The molecule has 0 saturated heterocycles. The van der Waals surface area contributed by atoms with Crippen molar-refractivity contribution in [1.29, 1.82) is 0 Å². The Labute approximate surface area is 377 Å². The fourth-order valence-electron chi connectivity index (χ4n) is 8.39. The fourth-order valence-corrected chi connectivity index (χ4v) is 8.39. The lowest BCUT2D eigenvalue weighted by molar-refractivity contribution is -0.713. The number of nitrogens with zero attached hydrogens (tertiary/aromatic N) is 7. The van der Waals surface area contributed by atoms with Crippen molar-refractivity contribution in [1.82, 2.24) is 19.5 Å². The number of nitrogens with one attached hydrogen (secondary N) is 1. The third-order valence-electron chi connectivity index (χ3n) is 10.8. The third kappa shape index (κ3) is 9.89. The lowest BCUT2D eigenvalue weighted by Gasteiger charge is -2.12. The van der Waals surface area contributed by atoms with Crippen LogP contribution < -0.4 is 18.3 Å². The SMILES string of the molecule is FC(F)(F)C[n+]1ccccc1-c1c(-c2cccc[n+]2CC(F)(F)F)c2c(-c3cccc[n+]3CC(F)(F)F)c3nc(cc4ccc(cc5nc(cc1n2-c1cccc[n+]1CC(F)(F)F)C=C5)[nH]4)C=C3. The zero-order valence-electron chi connectivity index (χ0n) is 34.9. The van der Waals surface area contributed by atoms with Gasteiger partial charge >= 0.3 is 24.7 Å². The monoisotopic (exact) mass is 950 g/mol. The van der Waals surface area contributed by atoms with E-state index < -0.39 is 50.9 Å². The molecule has 0 radical (unpaired) electrons. The van der Waals surface area contributed by atoms with Gasteiger partial charge < -0.3 is 4.98 Å². The molecule has 9 rings (SSSR count). The van der Waals surface area contributed by atoms with Gasteiger partial charge in [0.2, 0.25) is 36.7 Å². The van der Waals surface area contributed by atoms with Gasteiger partial charge in [-0.25, -0.2) is 14.5 Å². The van der Waals surface area contributed by atoms with Crippen LogP contribution in [0.15, 0.2) is 128 Å². The second kappa shape index (κ2) is 17.2. The topological polar surface area (TPSA) is 62.0 Å². The van der Waals surface area contributed by atoms with Gasteiger partial charge in [-0.05, 0) is 72.8 Å². The Morgan fingerprint density at radius 2 is 0.838 bits per heavy atom. The molecule has 8 bridgehead atoms. The molecule has 20 heteroatoms. The van der Waals surface area contributed by atoms with E-state index in [-0.39, 0.29) is 67.7 Å². The molecule has 0 atom stereocenters. The van der Waals surface area contributed by atoms with E-state index in [0.717, 1.165) is 43.1 Å². The summed E-state index contributed by atoms with van der Waals surface area (Å²) in [6.45, 7) is -6.60. The minimum Gasteiger partial charge on any atom is -0.355 e. The van der Waals surface area contributed by atoms with E-state index in [0.29, 0.717) is 16.7 Å². The maximum atomic E-state index is 14.7. The molecular weight excluding hydrogens is 917 g/mol. The van der Waals surface area contributed by atoms with E-state index in [9.17, 15) is 52.7 Å². The molecular formula is C48H34F12N8+4. The number of hydrogen-bond acceptors (Lipinski definition) is 2. The average molecular weight is 951 g/mol. The Morgan fingerprint density at radius 1 is 0.426 bits per heavy atom. The summed E-state index contributed by atoms with van der Waals surface area (Å²) in [6, 6.07) is 23.8. The van der Waals surface area contributed by atoms with Crippen molar-refractivity contribution in [2.75, 3.05) is 0 Å². The molecule has 9 heterocycles. The molecule has 0 aliphatic carbocycles. The number of fused-ring (bicyclic) bond motifs is 8. The van der Waals surface area contributed by atoms with Crippen LogP contribution in [0.5, 0.6) is 0 Å². The molecule has 2 aliphatic heterocycles. The van der Waals surface area contributed by atoms with Crippen LogP contribution in [0, 0.1) is 0 Å². The largest absolute Gasteiger partial charge is 0.448 e. The summed E-state index contributed by atoms with van der Waals surface area (Å²) < 4.78 is 180. The van der Waals surface area contributed by atoms with Gasteiger partial charge in [-0.3, -0.25) is 0 Å². The Kier molecular flexibility index (Phi) is 11.5. The van der Waals surface area contributed by atoms with Crippen LogP contribution in [-0.2, 0) is 26.2 Å². The van der Waals surface area contributed by atoms with Crippen molar-refractivity contribution in [2.45, 2.75) is 50.9 Å². The highest BCUT2D eigenvalue weighted by atomic mass is 19.4. The van der Waals surface area contributed by atoms with Crippen LogP contribution in [0.4, 0.5) is 52.7 Å². The second-order valence-electron chi connectivity index (χ2n) is 15.8. The summed E-state index contributed by atoms with van der Waals surface area (Å²) in [7, 11) is 0. The molecule has 7 aromatic heterocycles. The molecule has 1 N–H and O–H groups in total. The maximum Gasteiger partial charge on any atom is 0.448 e. The Morgan fingerprint density at radius 3 is 1.35 bits per heavy atom. The lowest BCUT2D eigenvalue weighted by Crippen LogP contribution is -2.45. The molecule has 0 amide bonds. The number of aromatic amines is 1. The van der Waals surface area contributed by atoms with Gasteiger partial charge in [0.05, 0.1) is 29.0 Å². The number of pyridine rings is 4. The van der Waals surface area contributed by atoms with E-state index in [4.69, 9.17) is 9.97 Å². The number of hydrogen-bond donors (Lipinski definition) is 1. The fraction of sp³-hybridized carbons (Fsp3) is 0.167. The maximum absolute atomic E-state index is 14.7. The molecule has 7 aromatic rings. The second-order valence-corrected chi connectivity index (χ2v) is 15.8. The molecule has 346 valence electrons. The predicted octanol–water partition coefficient (Wildman–Crippen LogP) is 10.5. The molecule has 0 saturated carbocycles.